The molecule has 0 amide bonds. The summed E-state index contributed by atoms with van der Waals surface area (Å²) in [4.78, 5) is 4.60. The van der Waals surface area contributed by atoms with E-state index in [0.717, 1.165) is 40.3 Å². The summed E-state index contributed by atoms with van der Waals surface area (Å²) in [5, 5.41) is 7.81. The zero-order chi connectivity index (χ0) is 13.8. The van der Waals surface area contributed by atoms with Crippen LogP contribution in [0.2, 0.25) is 0 Å². The van der Waals surface area contributed by atoms with Crippen molar-refractivity contribution < 1.29 is 0 Å². The quantitative estimate of drug-likeness (QED) is 0.915. The van der Waals surface area contributed by atoms with Crippen LogP contribution in [0.25, 0.3) is 0 Å². The van der Waals surface area contributed by atoms with Crippen LogP contribution in [-0.2, 0) is 6.54 Å². The monoisotopic (exact) mass is 322 g/mol. The summed E-state index contributed by atoms with van der Waals surface area (Å²) in [6.07, 6.45) is 1.09. The molecule has 0 spiro atoms. The van der Waals surface area contributed by atoms with Gasteiger partial charge in [-0.3, -0.25) is 4.68 Å². The number of anilines is 1. The van der Waals surface area contributed by atoms with Gasteiger partial charge in [-0.1, -0.05) is 13.0 Å². The Hall–Kier alpha value is -1.36. The van der Waals surface area contributed by atoms with E-state index >= 15 is 0 Å². The molecular weight excluding hydrogens is 304 g/mol. The SMILES string of the molecule is CCCNc1cccc(Cn2nc(C)c(Br)c2C)n1. The minimum atomic E-state index is 0.694. The van der Waals surface area contributed by atoms with Gasteiger partial charge in [-0.25, -0.2) is 4.98 Å². The summed E-state index contributed by atoms with van der Waals surface area (Å²) in [6.45, 7) is 7.84. The van der Waals surface area contributed by atoms with Gasteiger partial charge in [0.2, 0.25) is 0 Å². The van der Waals surface area contributed by atoms with Gasteiger partial charge in [0.1, 0.15) is 5.82 Å². The standard InChI is InChI=1S/C14H19BrN4/c1-4-8-16-13-7-5-6-12(17-13)9-19-11(3)14(15)10(2)18-19/h5-7H,4,8-9H2,1-3H3,(H,16,17). The van der Waals surface area contributed by atoms with Crippen LogP contribution in [0.3, 0.4) is 0 Å². The van der Waals surface area contributed by atoms with E-state index in [-0.39, 0.29) is 0 Å². The second kappa shape index (κ2) is 6.19. The first-order valence-corrected chi connectivity index (χ1v) is 7.30. The van der Waals surface area contributed by atoms with Crippen LogP contribution in [0.15, 0.2) is 22.7 Å². The van der Waals surface area contributed by atoms with Crippen LogP contribution < -0.4 is 5.32 Å². The van der Waals surface area contributed by atoms with Crippen molar-refractivity contribution in [3.63, 3.8) is 0 Å². The van der Waals surface area contributed by atoms with Crippen molar-refractivity contribution >= 4 is 21.7 Å². The number of aromatic nitrogens is 3. The van der Waals surface area contributed by atoms with Gasteiger partial charge in [-0.2, -0.15) is 5.10 Å². The van der Waals surface area contributed by atoms with Gasteiger partial charge in [-0.05, 0) is 48.3 Å². The lowest BCUT2D eigenvalue weighted by Gasteiger charge is -2.07. The predicted molar refractivity (Wildman–Crippen MR) is 81.5 cm³/mol. The van der Waals surface area contributed by atoms with Gasteiger partial charge in [0.15, 0.2) is 0 Å². The van der Waals surface area contributed by atoms with Crippen molar-refractivity contribution in [1.82, 2.24) is 14.8 Å². The molecule has 2 aromatic heterocycles. The molecule has 0 unspecified atom stereocenters. The number of rotatable bonds is 5. The van der Waals surface area contributed by atoms with Gasteiger partial charge in [0, 0.05) is 6.54 Å². The van der Waals surface area contributed by atoms with Gasteiger partial charge in [0.05, 0.1) is 28.1 Å². The maximum atomic E-state index is 4.60. The fraction of sp³-hybridized carbons (Fsp3) is 0.429. The number of hydrogen-bond acceptors (Lipinski definition) is 3. The average molecular weight is 323 g/mol. The molecule has 0 atom stereocenters. The maximum Gasteiger partial charge on any atom is 0.126 e. The van der Waals surface area contributed by atoms with Crippen LogP contribution in [0.4, 0.5) is 5.82 Å². The highest BCUT2D eigenvalue weighted by Gasteiger charge is 2.09. The number of nitrogens with zero attached hydrogens (tertiary/aromatic N) is 3. The number of hydrogen-bond donors (Lipinski definition) is 1. The van der Waals surface area contributed by atoms with Gasteiger partial charge in [0.25, 0.3) is 0 Å². The lowest BCUT2D eigenvalue weighted by atomic mass is 10.3. The Morgan fingerprint density at radius 1 is 1.32 bits per heavy atom. The van der Waals surface area contributed by atoms with Crippen LogP contribution in [0, 0.1) is 13.8 Å². The number of nitrogens with one attached hydrogen (secondary N) is 1. The van der Waals surface area contributed by atoms with Crippen LogP contribution in [0.1, 0.15) is 30.4 Å². The molecular formula is C14H19BrN4. The molecule has 0 aliphatic rings. The van der Waals surface area contributed by atoms with E-state index in [1.807, 2.05) is 29.8 Å². The molecule has 2 heterocycles. The molecule has 0 saturated heterocycles. The third-order valence-electron chi connectivity index (χ3n) is 2.97. The molecule has 0 aromatic carbocycles. The molecule has 0 bridgehead atoms. The molecule has 0 aliphatic carbocycles. The molecule has 4 nitrogen and oxygen atoms in total. The fourth-order valence-electron chi connectivity index (χ4n) is 1.90. The van der Waals surface area contributed by atoms with Crippen molar-refractivity contribution in [1.29, 1.82) is 0 Å². The molecule has 19 heavy (non-hydrogen) atoms. The van der Waals surface area contributed by atoms with E-state index in [1.165, 1.54) is 0 Å². The third-order valence-corrected chi connectivity index (χ3v) is 4.12. The summed E-state index contributed by atoms with van der Waals surface area (Å²) < 4.78 is 3.05. The first kappa shape index (κ1) is 14.1. The Balaban J connectivity index is 2.16. The topological polar surface area (TPSA) is 42.7 Å². The van der Waals surface area contributed by atoms with Crippen molar-refractivity contribution in [2.45, 2.75) is 33.7 Å². The van der Waals surface area contributed by atoms with Crippen molar-refractivity contribution in [3.05, 3.63) is 39.8 Å². The van der Waals surface area contributed by atoms with Crippen molar-refractivity contribution in [2.75, 3.05) is 11.9 Å². The van der Waals surface area contributed by atoms with Crippen LogP contribution >= 0.6 is 15.9 Å². The summed E-state index contributed by atoms with van der Waals surface area (Å²) in [5.74, 6) is 0.931. The van der Waals surface area contributed by atoms with Gasteiger partial charge < -0.3 is 5.32 Å². The Morgan fingerprint density at radius 3 is 2.74 bits per heavy atom. The molecule has 0 saturated carbocycles. The predicted octanol–water partition coefficient (Wildman–Crippen LogP) is 3.53. The average Bonchev–Trinajstić information content (AvgIpc) is 2.64. The highest BCUT2D eigenvalue weighted by atomic mass is 79.9. The lowest BCUT2D eigenvalue weighted by Crippen LogP contribution is -2.08. The normalized spacial score (nSPS) is 10.7. The molecule has 102 valence electrons. The number of aryl methyl sites for hydroxylation is 1. The maximum absolute atomic E-state index is 4.60. The largest absolute Gasteiger partial charge is 0.370 e. The summed E-state index contributed by atoms with van der Waals surface area (Å²) in [7, 11) is 0. The minimum absolute atomic E-state index is 0.694. The highest BCUT2D eigenvalue weighted by Crippen LogP contribution is 2.20. The minimum Gasteiger partial charge on any atom is -0.370 e. The van der Waals surface area contributed by atoms with E-state index in [1.54, 1.807) is 0 Å². The van der Waals surface area contributed by atoms with Crippen LogP contribution in [0.5, 0.6) is 0 Å². The Bertz CT molecular complexity index is 563. The smallest absolute Gasteiger partial charge is 0.126 e. The first-order valence-electron chi connectivity index (χ1n) is 6.51. The van der Waals surface area contributed by atoms with E-state index in [4.69, 9.17) is 0 Å². The molecule has 0 aliphatic heterocycles. The Morgan fingerprint density at radius 2 is 2.11 bits per heavy atom. The Labute approximate surface area is 122 Å². The zero-order valence-corrected chi connectivity index (χ0v) is 13.2. The molecule has 1 N–H and O–H groups in total. The van der Waals surface area contributed by atoms with Crippen molar-refractivity contribution in [2.24, 2.45) is 0 Å². The third kappa shape index (κ3) is 3.35. The number of pyridine rings is 1. The molecule has 2 rings (SSSR count). The van der Waals surface area contributed by atoms with Gasteiger partial charge in [-0.15, -0.1) is 0 Å². The van der Waals surface area contributed by atoms with Gasteiger partial charge >= 0.3 is 0 Å². The Kier molecular flexibility index (Phi) is 4.58. The summed E-state index contributed by atoms with van der Waals surface area (Å²) in [5.41, 5.74) is 3.16. The van der Waals surface area contributed by atoms with Crippen LogP contribution in [-0.4, -0.2) is 21.3 Å². The summed E-state index contributed by atoms with van der Waals surface area (Å²) in [6, 6.07) is 6.05. The van der Waals surface area contributed by atoms with E-state index in [0.29, 0.717) is 6.54 Å². The van der Waals surface area contributed by atoms with E-state index < -0.39 is 0 Å². The first-order chi connectivity index (χ1) is 9.11. The second-order valence-electron chi connectivity index (χ2n) is 4.58. The zero-order valence-electron chi connectivity index (χ0n) is 11.6. The lowest BCUT2D eigenvalue weighted by molar-refractivity contribution is 0.647. The molecule has 2 aromatic rings. The number of halogens is 1. The summed E-state index contributed by atoms with van der Waals surface area (Å²) >= 11 is 3.55. The van der Waals surface area contributed by atoms with E-state index in [9.17, 15) is 0 Å². The van der Waals surface area contributed by atoms with Crippen molar-refractivity contribution in [3.8, 4) is 0 Å². The molecule has 5 heteroatoms. The molecule has 0 radical (unpaired) electrons. The molecule has 0 fully saturated rings. The fourth-order valence-corrected chi connectivity index (χ4v) is 2.19. The van der Waals surface area contributed by atoms with E-state index in [2.05, 4.69) is 45.2 Å². The second-order valence-corrected chi connectivity index (χ2v) is 5.38. The highest BCUT2D eigenvalue weighted by molar-refractivity contribution is 9.10.